The first-order valence-electron chi connectivity index (χ1n) is 4.26. The Morgan fingerprint density at radius 3 is 2.19 bits per heavy atom. The number of rotatable bonds is 4. The summed E-state index contributed by atoms with van der Waals surface area (Å²) in [5, 5.41) is 8.70. The highest BCUT2D eigenvalue weighted by molar-refractivity contribution is 7.82. The molecule has 0 aliphatic carbocycles. The maximum atomic E-state index is 11.2. The molecule has 1 aromatic rings. The summed E-state index contributed by atoms with van der Waals surface area (Å²) in [6.45, 7) is 0. The van der Waals surface area contributed by atoms with E-state index in [1.54, 1.807) is 30.3 Å². The monoisotopic (exact) mass is 243 g/mol. The Hall–Kier alpha value is -1.53. The molecule has 0 saturated carbocycles. The molecule has 0 aromatic heterocycles. The molecule has 1 unspecified atom stereocenters. The van der Waals surface area contributed by atoms with E-state index in [4.69, 9.17) is 10.8 Å². The second-order valence-electron chi connectivity index (χ2n) is 3.16. The molecule has 88 valence electrons. The Morgan fingerprint density at radius 2 is 1.81 bits per heavy atom. The molecule has 1 amide bonds. The SMILES string of the molecule is NC(=O)C(S)(CC(=O)O)c1ccccc1.O. The van der Waals surface area contributed by atoms with E-state index in [1.165, 1.54) is 0 Å². The summed E-state index contributed by atoms with van der Waals surface area (Å²) in [4.78, 5) is 21.9. The number of hydrogen-bond donors (Lipinski definition) is 3. The van der Waals surface area contributed by atoms with Crippen molar-refractivity contribution in [1.82, 2.24) is 0 Å². The molecule has 0 saturated heterocycles. The lowest BCUT2D eigenvalue weighted by atomic mass is 9.94. The number of carboxylic acid groups (broad SMARTS) is 1. The fraction of sp³-hybridized carbons (Fsp3) is 0.200. The second-order valence-corrected chi connectivity index (χ2v) is 3.92. The van der Waals surface area contributed by atoms with Crippen molar-refractivity contribution in [3.63, 3.8) is 0 Å². The van der Waals surface area contributed by atoms with Gasteiger partial charge in [-0.15, -0.1) is 0 Å². The van der Waals surface area contributed by atoms with Gasteiger partial charge in [0.15, 0.2) is 0 Å². The van der Waals surface area contributed by atoms with E-state index in [1.807, 2.05) is 0 Å². The number of nitrogens with two attached hydrogens (primary N) is 1. The minimum absolute atomic E-state index is 0. The lowest BCUT2D eigenvalue weighted by Gasteiger charge is -2.23. The van der Waals surface area contributed by atoms with Crippen molar-refractivity contribution >= 4 is 24.5 Å². The number of carbonyl (C=O) groups excluding carboxylic acids is 1. The van der Waals surface area contributed by atoms with Crippen LogP contribution >= 0.6 is 12.6 Å². The fourth-order valence-corrected chi connectivity index (χ4v) is 1.55. The van der Waals surface area contributed by atoms with Crippen LogP contribution in [0.25, 0.3) is 0 Å². The van der Waals surface area contributed by atoms with Gasteiger partial charge < -0.3 is 16.3 Å². The number of aliphatic carboxylic acids is 1. The van der Waals surface area contributed by atoms with Crippen molar-refractivity contribution in [1.29, 1.82) is 0 Å². The van der Waals surface area contributed by atoms with Gasteiger partial charge in [0.1, 0.15) is 4.75 Å². The van der Waals surface area contributed by atoms with E-state index in [2.05, 4.69) is 12.6 Å². The van der Waals surface area contributed by atoms with Crippen LogP contribution in [0.1, 0.15) is 12.0 Å². The largest absolute Gasteiger partial charge is 0.481 e. The Balaban J connectivity index is 0.00000225. The number of thiol groups is 1. The standard InChI is InChI=1S/C10H11NO3S.H2O/c11-9(14)10(15,6-8(12)13)7-4-2-1-3-5-7;/h1-5,15H,6H2,(H2,11,14)(H,12,13);1H2. The van der Waals surface area contributed by atoms with E-state index >= 15 is 0 Å². The minimum atomic E-state index is -1.45. The molecule has 1 atom stereocenters. The first-order valence-corrected chi connectivity index (χ1v) is 4.71. The van der Waals surface area contributed by atoms with Crippen molar-refractivity contribution in [2.45, 2.75) is 11.2 Å². The molecule has 16 heavy (non-hydrogen) atoms. The van der Waals surface area contributed by atoms with Gasteiger partial charge in [0.05, 0.1) is 6.42 Å². The zero-order valence-electron chi connectivity index (χ0n) is 8.38. The van der Waals surface area contributed by atoms with Crippen LogP contribution < -0.4 is 5.73 Å². The van der Waals surface area contributed by atoms with Crippen LogP contribution in [-0.2, 0) is 14.3 Å². The van der Waals surface area contributed by atoms with E-state index in [0.29, 0.717) is 5.56 Å². The molecule has 0 heterocycles. The highest BCUT2D eigenvalue weighted by Crippen LogP contribution is 2.31. The van der Waals surface area contributed by atoms with Gasteiger partial charge >= 0.3 is 5.97 Å². The molecule has 1 aromatic carbocycles. The molecule has 5 N–H and O–H groups in total. The molecule has 5 nitrogen and oxygen atoms in total. The zero-order valence-corrected chi connectivity index (χ0v) is 9.28. The molecule has 1 rings (SSSR count). The smallest absolute Gasteiger partial charge is 0.305 e. The number of carbonyl (C=O) groups is 2. The van der Waals surface area contributed by atoms with E-state index in [0.717, 1.165) is 0 Å². The maximum Gasteiger partial charge on any atom is 0.305 e. The summed E-state index contributed by atoms with van der Waals surface area (Å²) in [7, 11) is 0. The molecular weight excluding hydrogens is 230 g/mol. The van der Waals surface area contributed by atoms with Gasteiger partial charge in [-0.05, 0) is 5.56 Å². The summed E-state index contributed by atoms with van der Waals surface area (Å²) < 4.78 is -1.45. The van der Waals surface area contributed by atoms with Gasteiger partial charge in [-0.25, -0.2) is 0 Å². The molecular formula is C10H13NO4S. The van der Waals surface area contributed by atoms with Gasteiger partial charge in [-0.1, -0.05) is 30.3 Å². The van der Waals surface area contributed by atoms with Crippen LogP contribution in [0.15, 0.2) is 30.3 Å². The third kappa shape index (κ3) is 2.98. The minimum Gasteiger partial charge on any atom is -0.481 e. The number of amides is 1. The zero-order chi connectivity index (χ0) is 11.5. The Bertz CT molecular complexity index is 382. The summed E-state index contributed by atoms with van der Waals surface area (Å²) in [5.74, 6) is -1.88. The van der Waals surface area contributed by atoms with Crippen LogP contribution in [0.4, 0.5) is 0 Å². The molecule has 0 spiro atoms. The van der Waals surface area contributed by atoms with Crippen molar-refractivity contribution in [2.24, 2.45) is 5.73 Å². The van der Waals surface area contributed by atoms with Gasteiger partial charge in [0, 0.05) is 0 Å². The second kappa shape index (κ2) is 5.53. The summed E-state index contributed by atoms with van der Waals surface area (Å²) in [6, 6.07) is 8.41. The van der Waals surface area contributed by atoms with Crippen LogP contribution in [0.5, 0.6) is 0 Å². The van der Waals surface area contributed by atoms with Crippen LogP contribution in [0, 0.1) is 0 Å². The lowest BCUT2D eigenvalue weighted by Crippen LogP contribution is -2.38. The molecule has 0 fully saturated rings. The molecule has 0 aliphatic heterocycles. The molecule has 6 heteroatoms. The Kier molecular flexibility index (Phi) is 5.00. The van der Waals surface area contributed by atoms with E-state index in [9.17, 15) is 9.59 Å². The van der Waals surface area contributed by atoms with Crippen molar-refractivity contribution in [3.05, 3.63) is 35.9 Å². The first-order chi connectivity index (χ1) is 6.97. The van der Waals surface area contributed by atoms with Crippen molar-refractivity contribution < 1.29 is 20.2 Å². The fourth-order valence-electron chi connectivity index (χ4n) is 1.26. The average Bonchev–Trinajstić information content (AvgIpc) is 2.17. The topological polar surface area (TPSA) is 112 Å². The Morgan fingerprint density at radius 1 is 1.31 bits per heavy atom. The summed E-state index contributed by atoms with van der Waals surface area (Å²) in [6.07, 6.45) is -0.435. The average molecular weight is 243 g/mol. The van der Waals surface area contributed by atoms with E-state index in [-0.39, 0.29) is 5.48 Å². The lowest BCUT2D eigenvalue weighted by molar-refractivity contribution is -0.139. The van der Waals surface area contributed by atoms with Gasteiger partial charge in [-0.2, -0.15) is 12.6 Å². The predicted molar refractivity (Wildman–Crippen MR) is 62.2 cm³/mol. The molecule has 0 bridgehead atoms. The van der Waals surface area contributed by atoms with Gasteiger partial charge in [-0.3, -0.25) is 9.59 Å². The predicted octanol–water partition coefficient (Wildman–Crippen LogP) is -0.0530. The quantitative estimate of drug-likeness (QED) is 0.644. The van der Waals surface area contributed by atoms with Gasteiger partial charge in [0.2, 0.25) is 5.91 Å². The normalized spacial score (nSPS) is 13.3. The van der Waals surface area contributed by atoms with Crippen LogP contribution in [-0.4, -0.2) is 22.5 Å². The maximum absolute atomic E-state index is 11.2. The number of carboxylic acids is 1. The summed E-state index contributed by atoms with van der Waals surface area (Å²) >= 11 is 4.09. The Labute approximate surface area is 98.0 Å². The molecule has 0 aliphatic rings. The van der Waals surface area contributed by atoms with Crippen LogP contribution in [0.3, 0.4) is 0 Å². The highest BCUT2D eigenvalue weighted by Gasteiger charge is 2.36. The first kappa shape index (κ1) is 14.5. The third-order valence-corrected chi connectivity index (χ3v) is 2.70. The van der Waals surface area contributed by atoms with Crippen molar-refractivity contribution in [2.75, 3.05) is 0 Å². The number of benzene rings is 1. The van der Waals surface area contributed by atoms with Crippen molar-refractivity contribution in [3.8, 4) is 0 Å². The molecule has 0 radical (unpaired) electrons. The number of hydrogen-bond acceptors (Lipinski definition) is 3. The van der Waals surface area contributed by atoms with Crippen LogP contribution in [0.2, 0.25) is 0 Å². The van der Waals surface area contributed by atoms with E-state index < -0.39 is 23.0 Å². The third-order valence-electron chi connectivity index (χ3n) is 2.07. The van der Waals surface area contributed by atoms with Gasteiger partial charge in [0.25, 0.3) is 0 Å². The number of primary amides is 1. The summed E-state index contributed by atoms with van der Waals surface area (Å²) in [5.41, 5.74) is 5.66. The highest BCUT2D eigenvalue weighted by atomic mass is 32.1.